The molecule has 0 aliphatic rings. The Balaban J connectivity index is 3.92. The molecule has 1 atom stereocenters. The summed E-state index contributed by atoms with van der Waals surface area (Å²) in [6.07, 6.45) is 0. The van der Waals surface area contributed by atoms with Gasteiger partial charge in [-0.3, -0.25) is 4.79 Å². The second-order valence-electron chi connectivity index (χ2n) is 5.49. The maximum atomic E-state index is 11.6. The zero-order valence-corrected chi connectivity index (χ0v) is 11.9. The zero-order valence-electron chi connectivity index (χ0n) is 10.9. The Labute approximate surface area is 94.6 Å². The third-order valence-electron chi connectivity index (χ3n) is 2.33. The van der Waals surface area contributed by atoms with Gasteiger partial charge in [0, 0.05) is 8.07 Å². The average molecular weight is 231 g/mol. The Morgan fingerprint density at radius 3 is 2.20 bits per heavy atom. The van der Waals surface area contributed by atoms with Crippen LogP contribution in [-0.2, 0) is 9.53 Å². The molecule has 90 valence electrons. The normalized spacial score (nSPS) is 14.1. The molecular formula is C11H25NO2Si. The maximum absolute atomic E-state index is 11.6. The molecule has 0 amide bonds. The summed E-state index contributed by atoms with van der Waals surface area (Å²) in [7, 11) is 0.702. The first kappa shape index (κ1) is 14.6. The van der Waals surface area contributed by atoms with E-state index >= 15 is 0 Å². The largest absolute Gasteiger partial charge is 0.465 e. The van der Waals surface area contributed by atoms with Crippen LogP contribution in [0.15, 0.2) is 0 Å². The molecule has 0 aromatic rings. The van der Waals surface area contributed by atoms with Crippen molar-refractivity contribution in [2.24, 2.45) is 5.92 Å². The highest BCUT2D eigenvalue weighted by atomic mass is 28.3. The molecule has 0 aliphatic carbocycles. The van der Waals surface area contributed by atoms with Crippen molar-refractivity contribution < 1.29 is 9.53 Å². The lowest BCUT2D eigenvalue weighted by Gasteiger charge is -2.20. The summed E-state index contributed by atoms with van der Waals surface area (Å²) < 4.78 is 5.27. The van der Waals surface area contributed by atoms with E-state index in [4.69, 9.17) is 4.74 Å². The van der Waals surface area contributed by atoms with Gasteiger partial charge in [0.25, 0.3) is 0 Å². The molecule has 4 heteroatoms. The van der Waals surface area contributed by atoms with E-state index in [2.05, 4.69) is 25.0 Å². The van der Waals surface area contributed by atoms with Crippen LogP contribution in [-0.4, -0.2) is 33.7 Å². The van der Waals surface area contributed by atoms with Crippen molar-refractivity contribution in [3.8, 4) is 0 Å². The second-order valence-corrected chi connectivity index (χ2v) is 11.1. The van der Waals surface area contributed by atoms with E-state index in [-0.39, 0.29) is 17.9 Å². The third-order valence-corrected chi connectivity index (χ3v) is 4.03. The van der Waals surface area contributed by atoms with Crippen molar-refractivity contribution in [1.29, 1.82) is 0 Å². The Hall–Kier alpha value is -0.353. The molecule has 15 heavy (non-hydrogen) atoms. The van der Waals surface area contributed by atoms with E-state index in [1.165, 1.54) is 0 Å². The highest BCUT2D eigenvalue weighted by molar-refractivity contribution is 6.76. The lowest BCUT2D eigenvalue weighted by molar-refractivity contribution is -0.146. The van der Waals surface area contributed by atoms with E-state index < -0.39 is 8.07 Å². The van der Waals surface area contributed by atoms with Gasteiger partial charge < -0.3 is 10.1 Å². The summed E-state index contributed by atoms with van der Waals surface area (Å²) in [4.78, 5) is 11.6. The molecular weight excluding hydrogens is 206 g/mol. The monoisotopic (exact) mass is 231 g/mol. The van der Waals surface area contributed by atoms with Crippen LogP contribution in [0.25, 0.3) is 0 Å². The molecule has 0 aliphatic heterocycles. The van der Waals surface area contributed by atoms with Crippen LogP contribution in [0.1, 0.15) is 13.8 Å². The van der Waals surface area contributed by atoms with Crippen LogP contribution in [0, 0.1) is 5.92 Å². The number of hydrogen-bond donors (Lipinski definition) is 1. The summed E-state index contributed by atoms with van der Waals surface area (Å²) in [5.74, 6) is 0.153. The van der Waals surface area contributed by atoms with Crippen molar-refractivity contribution in [2.45, 2.75) is 45.6 Å². The van der Waals surface area contributed by atoms with Crippen LogP contribution in [0.4, 0.5) is 0 Å². The molecule has 0 aromatic heterocycles. The second kappa shape index (κ2) is 6.28. The Morgan fingerprint density at radius 1 is 1.33 bits per heavy atom. The number of ether oxygens (including phenoxy) is 1. The lowest BCUT2D eigenvalue weighted by atomic mass is 10.1. The van der Waals surface area contributed by atoms with Crippen molar-refractivity contribution in [1.82, 2.24) is 5.32 Å². The molecule has 0 aromatic carbocycles. The molecule has 0 saturated carbocycles. The topological polar surface area (TPSA) is 38.3 Å². The summed E-state index contributed by atoms with van der Waals surface area (Å²) in [6.45, 7) is 11.4. The first-order chi connectivity index (χ1) is 6.78. The van der Waals surface area contributed by atoms with Gasteiger partial charge in [-0.2, -0.15) is 0 Å². The fourth-order valence-corrected chi connectivity index (χ4v) is 1.99. The van der Waals surface area contributed by atoms with E-state index in [1.807, 2.05) is 13.8 Å². The number of esters is 1. The standard InChI is InChI=1S/C11H25NO2Si/c1-9(2)10(12-3)11(13)14-7-8-15(4,5)6/h9-10,12H,7-8H2,1-6H3/t10-/m0/s1. The van der Waals surface area contributed by atoms with Gasteiger partial charge in [-0.25, -0.2) is 0 Å². The molecule has 0 bridgehead atoms. The Morgan fingerprint density at radius 2 is 1.87 bits per heavy atom. The first-order valence-electron chi connectivity index (χ1n) is 5.62. The molecule has 0 rings (SSSR count). The molecule has 0 radical (unpaired) electrons. The van der Waals surface area contributed by atoms with Crippen molar-refractivity contribution in [2.75, 3.05) is 13.7 Å². The van der Waals surface area contributed by atoms with Gasteiger partial charge in [0.05, 0.1) is 6.61 Å². The highest BCUT2D eigenvalue weighted by Crippen LogP contribution is 2.09. The molecule has 0 spiro atoms. The Kier molecular flexibility index (Phi) is 6.13. The van der Waals surface area contributed by atoms with E-state index in [1.54, 1.807) is 7.05 Å². The lowest BCUT2D eigenvalue weighted by Crippen LogP contribution is -2.40. The van der Waals surface area contributed by atoms with Gasteiger partial charge in [0.15, 0.2) is 0 Å². The summed E-state index contributed by atoms with van der Waals surface area (Å²) in [5, 5.41) is 2.99. The number of carbonyl (C=O) groups is 1. The number of nitrogens with one attached hydrogen (secondary N) is 1. The van der Waals surface area contributed by atoms with Gasteiger partial charge in [-0.15, -0.1) is 0 Å². The minimum Gasteiger partial charge on any atom is -0.465 e. The fraction of sp³-hybridized carbons (Fsp3) is 0.909. The Bertz CT molecular complexity index is 199. The van der Waals surface area contributed by atoms with Crippen LogP contribution in [0.5, 0.6) is 0 Å². The van der Waals surface area contributed by atoms with Crippen LogP contribution < -0.4 is 5.32 Å². The molecule has 0 saturated heterocycles. The van der Waals surface area contributed by atoms with Gasteiger partial charge in [0.2, 0.25) is 0 Å². The van der Waals surface area contributed by atoms with E-state index in [9.17, 15) is 4.79 Å². The van der Waals surface area contributed by atoms with Gasteiger partial charge in [-0.05, 0) is 19.0 Å². The number of rotatable bonds is 6. The minimum absolute atomic E-state index is 0.120. The molecule has 0 fully saturated rings. The average Bonchev–Trinajstić information content (AvgIpc) is 2.01. The number of carbonyl (C=O) groups excluding carboxylic acids is 1. The zero-order chi connectivity index (χ0) is 12.1. The molecule has 0 unspecified atom stereocenters. The van der Waals surface area contributed by atoms with Crippen molar-refractivity contribution in [3.63, 3.8) is 0 Å². The summed E-state index contributed by atoms with van der Waals surface area (Å²) >= 11 is 0. The predicted octanol–water partition coefficient (Wildman–Crippen LogP) is 2.11. The third kappa shape index (κ3) is 6.68. The van der Waals surface area contributed by atoms with Crippen LogP contribution >= 0.6 is 0 Å². The minimum atomic E-state index is -1.09. The first-order valence-corrected chi connectivity index (χ1v) is 9.32. The summed E-state index contributed by atoms with van der Waals surface area (Å²) in [5.41, 5.74) is 0. The van der Waals surface area contributed by atoms with Gasteiger partial charge in [-0.1, -0.05) is 33.5 Å². The maximum Gasteiger partial charge on any atom is 0.323 e. The molecule has 1 N–H and O–H groups in total. The SMILES string of the molecule is CN[C@H](C(=O)OCC[Si](C)(C)C)C(C)C. The smallest absolute Gasteiger partial charge is 0.323 e. The predicted molar refractivity (Wildman–Crippen MR) is 66.8 cm³/mol. The number of likely N-dealkylation sites (N-methyl/N-ethyl adjacent to an activating group) is 1. The van der Waals surface area contributed by atoms with Crippen molar-refractivity contribution in [3.05, 3.63) is 0 Å². The highest BCUT2D eigenvalue weighted by Gasteiger charge is 2.22. The van der Waals surface area contributed by atoms with E-state index in [0.717, 1.165) is 6.04 Å². The van der Waals surface area contributed by atoms with E-state index in [0.29, 0.717) is 6.61 Å². The van der Waals surface area contributed by atoms with Crippen LogP contribution in [0.2, 0.25) is 25.7 Å². The van der Waals surface area contributed by atoms with Gasteiger partial charge >= 0.3 is 5.97 Å². The van der Waals surface area contributed by atoms with Gasteiger partial charge in [0.1, 0.15) is 6.04 Å². The number of hydrogen-bond acceptors (Lipinski definition) is 3. The molecule has 0 heterocycles. The molecule has 3 nitrogen and oxygen atoms in total. The summed E-state index contributed by atoms with van der Waals surface area (Å²) in [6, 6.07) is 0.861. The van der Waals surface area contributed by atoms with Crippen molar-refractivity contribution >= 4 is 14.0 Å². The fourth-order valence-electron chi connectivity index (χ4n) is 1.27. The quantitative estimate of drug-likeness (QED) is 0.562. The van der Waals surface area contributed by atoms with Crippen LogP contribution in [0.3, 0.4) is 0 Å².